The lowest BCUT2D eigenvalue weighted by molar-refractivity contribution is 0.0696. The predicted octanol–water partition coefficient (Wildman–Crippen LogP) is 3.12. The number of aromatic nitrogens is 2. The van der Waals surface area contributed by atoms with Crippen LogP contribution in [0.1, 0.15) is 26.5 Å². The number of nitrogens with zero attached hydrogens (tertiary/aromatic N) is 2. The Morgan fingerprint density at radius 1 is 1.42 bits per heavy atom. The second-order valence-electron chi connectivity index (χ2n) is 4.00. The van der Waals surface area contributed by atoms with Crippen LogP contribution in [0.25, 0.3) is 0 Å². The van der Waals surface area contributed by atoms with Crippen molar-refractivity contribution in [2.45, 2.75) is 20.4 Å². The fourth-order valence-electron chi connectivity index (χ4n) is 1.61. The molecule has 19 heavy (non-hydrogen) atoms. The van der Waals surface area contributed by atoms with Gasteiger partial charge in [0.1, 0.15) is 5.56 Å². The van der Waals surface area contributed by atoms with Gasteiger partial charge >= 0.3 is 5.97 Å². The number of thiophene rings is 1. The zero-order valence-electron chi connectivity index (χ0n) is 10.4. The summed E-state index contributed by atoms with van der Waals surface area (Å²) in [5.41, 5.74) is 1.39. The van der Waals surface area contributed by atoms with E-state index in [9.17, 15) is 9.90 Å². The van der Waals surface area contributed by atoms with Crippen molar-refractivity contribution < 1.29 is 9.90 Å². The molecule has 100 valence electrons. The fraction of sp³-hybridized carbons (Fsp3) is 0.250. The summed E-state index contributed by atoms with van der Waals surface area (Å²) in [6, 6.07) is 3.68. The highest BCUT2D eigenvalue weighted by atomic mass is 35.5. The Morgan fingerprint density at radius 3 is 2.74 bits per heavy atom. The average Bonchev–Trinajstić information content (AvgIpc) is 2.76. The second kappa shape index (κ2) is 5.54. The summed E-state index contributed by atoms with van der Waals surface area (Å²) in [7, 11) is 0. The molecule has 0 radical (unpaired) electrons. The predicted molar refractivity (Wildman–Crippen MR) is 75.1 cm³/mol. The van der Waals surface area contributed by atoms with Gasteiger partial charge < -0.3 is 10.4 Å². The van der Waals surface area contributed by atoms with E-state index in [4.69, 9.17) is 11.6 Å². The third-order valence-corrected chi connectivity index (χ3v) is 3.96. The maximum atomic E-state index is 11.3. The van der Waals surface area contributed by atoms with E-state index in [1.54, 1.807) is 19.9 Å². The highest BCUT2D eigenvalue weighted by molar-refractivity contribution is 7.16. The Kier molecular flexibility index (Phi) is 4.01. The maximum Gasteiger partial charge on any atom is 0.339 e. The van der Waals surface area contributed by atoms with Gasteiger partial charge in [-0.2, -0.15) is 5.10 Å². The van der Waals surface area contributed by atoms with Crippen LogP contribution in [0.3, 0.4) is 0 Å². The Bertz CT molecular complexity index is 627. The number of nitrogens with one attached hydrogen (secondary N) is 1. The molecule has 7 heteroatoms. The summed E-state index contributed by atoms with van der Waals surface area (Å²) in [5.74, 6) is -0.734. The smallest absolute Gasteiger partial charge is 0.339 e. The van der Waals surface area contributed by atoms with Crippen LogP contribution < -0.4 is 5.32 Å². The number of carbonyl (C=O) groups is 1. The lowest BCUT2D eigenvalue weighted by Gasteiger charge is -2.10. The highest BCUT2D eigenvalue weighted by Gasteiger charge is 2.17. The minimum atomic E-state index is -1.01. The van der Waals surface area contributed by atoms with Crippen LogP contribution in [-0.2, 0) is 6.54 Å². The quantitative estimate of drug-likeness (QED) is 0.907. The van der Waals surface area contributed by atoms with Crippen molar-refractivity contribution in [2.24, 2.45) is 0 Å². The van der Waals surface area contributed by atoms with Crippen molar-refractivity contribution in [1.82, 2.24) is 10.2 Å². The first-order valence-electron chi connectivity index (χ1n) is 5.54. The molecule has 0 aliphatic heterocycles. The van der Waals surface area contributed by atoms with Gasteiger partial charge in [-0.3, -0.25) is 0 Å². The molecule has 5 nitrogen and oxygen atoms in total. The molecule has 2 aromatic rings. The molecule has 0 aromatic carbocycles. The zero-order chi connectivity index (χ0) is 14.0. The van der Waals surface area contributed by atoms with E-state index in [0.29, 0.717) is 22.1 Å². The van der Waals surface area contributed by atoms with Crippen molar-refractivity contribution >= 4 is 34.7 Å². The van der Waals surface area contributed by atoms with Gasteiger partial charge in [0.25, 0.3) is 0 Å². The van der Waals surface area contributed by atoms with Gasteiger partial charge in [0, 0.05) is 4.88 Å². The molecule has 0 unspecified atom stereocenters. The normalized spacial score (nSPS) is 10.5. The first-order chi connectivity index (χ1) is 8.99. The van der Waals surface area contributed by atoms with Gasteiger partial charge in [0.05, 0.1) is 16.6 Å². The first-order valence-corrected chi connectivity index (χ1v) is 6.73. The summed E-state index contributed by atoms with van der Waals surface area (Å²) >= 11 is 7.27. The Hall–Kier alpha value is -1.66. The zero-order valence-corrected chi connectivity index (χ0v) is 12.0. The minimum Gasteiger partial charge on any atom is -0.478 e. The Balaban J connectivity index is 2.25. The molecule has 2 N–H and O–H groups in total. The van der Waals surface area contributed by atoms with Crippen LogP contribution in [0.4, 0.5) is 5.82 Å². The monoisotopic (exact) mass is 297 g/mol. The van der Waals surface area contributed by atoms with Crippen LogP contribution in [0, 0.1) is 13.8 Å². The van der Waals surface area contributed by atoms with Crippen LogP contribution in [0.15, 0.2) is 12.1 Å². The lowest BCUT2D eigenvalue weighted by atomic mass is 10.1. The van der Waals surface area contributed by atoms with Crippen molar-refractivity contribution in [2.75, 3.05) is 5.32 Å². The van der Waals surface area contributed by atoms with Crippen LogP contribution in [0.2, 0.25) is 4.34 Å². The van der Waals surface area contributed by atoms with E-state index in [2.05, 4.69) is 15.5 Å². The van der Waals surface area contributed by atoms with E-state index in [0.717, 1.165) is 4.88 Å². The van der Waals surface area contributed by atoms with Gasteiger partial charge in [-0.15, -0.1) is 16.4 Å². The number of hydrogen-bond donors (Lipinski definition) is 2. The molecule has 0 bridgehead atoms. The SMILES string of the molecule is Cc1nnc(NCc2ccc(Cl)s2)c(C(=O)O)c1C. The highest BCUT2D eigenvalue weighted by Crippen LogP contribution is 2.23. The van der Waals surface area contributed by atoms with Gasteiger partial charge in [-0.25, -0.2) is 4.79 Å². The number of rotatable bonds is 4. The van der Waals surface area contributed by atoms with E-state index in [1.165, 1.54) is 11.3 Å². The molecule has 0 atom stereocenters. The van der Waals surface area contributed by atoms with Crippen molar-refractivity contribution in [3.8, 4) is 0 Å². The Labute approximate surface area is 119 Å². The lowest BCUT2D eigenvalue weighted by Crippen LogP contribution is -2.12. The third kappa shape index (κ3) is 3.02. The molecular weight excluding hydrogens is 286 g/mol. The summed E-state index contributed by atoms with van der Waals surface area (Å²) in [6.45, 7) is 3.92. The summed E-state index contributed by atoms with van der Waals surface area (Å²) in [6.07, 6.45) is 0. The van der Waals surface area contributed by atoms with Gasteiger partial charge in [-0.05, 0) is 31.5 Å². The van der Waals surface area contributed by atoms with Crippen molar-refractivity contribution in [1.29, 1.82) is 0 Å². The molecule has 0 aliphatic rings. The number of aryl methyl sites for hydroxylation is 1. The second-order valence-corrected chi connectivity index (χ2v) is 5.80. The van der Waals surface area contributed by atoms with Gasteiger partial charge in [0.15, 0.2) is 5.82 Å². The van der Waals surface area contributed by atoms with Crippen molar-refractivity contribution in [3.05, 3.63) is 38.2 Å². The van der Waals surface area contributed by atoms with Gasteiger partial charge in [0.2, 0.25) is 0 Å². The Morgan fingerprint density at radius 2 is 2.16 bits per heavy atom. The number of hydrogen-bond acceptors (Lipinski definition) is 5. The molecule has 0 amide bonds. The summed E-state index contributed by atoms with van der Waals surface area (Å²) in [5, 5.41) is 20.1. The topological polar surface area (TPSA) is 75.1 Å². The molecule has 2 aromatic heterocycles. The molecule has 2 rings (SSSR count). The molecular formula is C12H12ClN3O2S. The standard InChI is InChI=1S/C12H12ClN3O2S/c1-6-7(2)15-16-11(10(6)12(17)18)14-5-8-3-4-9(13)19-8/h3-4H,5H2,1-2H3,(H,14,16)(H,17,18). The molecule has 0 aliphatic carbocycles. The minimum absolute atomic E-state index is 0.162. The van der Waals surface area contributed by atoms with E-state index in [-0.39, 0.29) is 11.4 Å². The summed E-state index contributed by atoms with van der Waals surface area (Å²) in [4.78, 5) is 12.3. The number of carboxylic acids is 1. The fourth-order valence-corrected chi connectivity index (χ4v) is 2.64. The van der Waals surface area contributed by atoms with Crippen molar-refractivity contribution in [3.63, 3.8) is 0 Å². The summed E-state index contributed by atoms with van der Waals surface area (Å²) < 4.78 is 0.696. The molecule has 0 saturated carbocycles. The first kappa shape index (κ1) is 13.8. The number of carboxylic acid groups (broad SMARTS) is 1. The molecule has 0 spiro atoms. The van der Waals surface area contributed by atoms with Crippen LogP contribution in [0.5, 0.6) is 0 Å². The molecule has 2 heterocycles. The molecule has 0 fully saturated rings. The van der Waals surface area contributed by atoms with E-state index < -0.39 is 5.97 Å². The third-order valence-electron chi connectivity index (χ3n) is 2.73. The van der Waals surface area contributed by atoms with Crippen LogP contribution >= 0.6 is 22.9 Å². The van der Waals surface area contributed by atoms with E-state index >= 15 is 0 Å². The number of anilines is 1. The van der Waals surface area contributed by atoms with Gasteiger partial charge in [-0.1, -0.05) is 11.6 Å². The number of halogens is 1. The maximum absolute atomic E-state index is 11.3. The number of aromatic carboxylic acids is 1. The molecule has 0 saturated heterocycles. The average molecular weight is 298 g/mol. The van der Waals surface area contributed by atoms with E-state index in [1.807, 2.05) is 6.07 Å². The largest absolute Gasteiger partial charge is 0.478 e. The van der Waals surface area contributed by atoms with Crippen LogP contribution in [-0.4, -0.2) is 21.3 Å².